The van der Waals surface area contributed by atoms with Crippen LogP contribution in [0.25, 0.3) is 0 Å². The highest BCUT2D eigenvalue weighted by atomic mass is 16.5. The Morgan fingerprint density at radius 1 is 1.15 bits per heavy atom. The number of amidine groups is 1. The number of rotatable bonds is 6. The van der Waals surface area contributed by atoms with E-state index in [9.17, 15) is 0 Å². The van der Waals surface area contributed by atoms with E-state index in [-0.39, 0.29) is 5.84 Å². The first kappa shape index (κ1) is 14.0. The van der Waals surface area contributed by atoms with Gasteiger partial charge in [0.05, 0.1) is 12.8 Å². The summed E-state index contributed by atoms with van der Waals surface area (Å²) in [6.07, 6.45) is 2.43. The highest BCUT2D eigenvalue weighted by molar-refractivity contribution is 5.92. The highest BCUT2D eigenvalue weighted by Gasteiger charge is 2.01. The van der Waals surface area contributed by atoms with Crippen LogP contribution in [0.4, 0.5) is 0 Å². The van der Waals surface area contributed by atoms with E-state index in [0.717, 1.165) is 12.2 Å². The number of benzene rings is 1. The third kappa shape index (κ3) is 3.80. The molecule has 0 aliphatic rings. The fraction of sp³-hybridized carbons (Fsp3) is 0.200. The Labute approximate surface area is 117 Å². The minimum atomic E-state index is -0.0564. The Morgan fingerprint density at radius 3 is 2.40 bits per heavy atom. The largest absolute Gasteiger partial charge is 0.456 e. The van der Waals surface area contributed by atoms with Gasteiger partial charge in [-0.15, -0.1) is 0 Å². The van der Waals surface area contributed by atoms with Gasteiger partial charge in [-0.05, 0) is 36.2 Å². The molecule has 104 valence electrons. The van der Waals surface area contributed by atoms with E-state index in [2.05, 4.69) is 4.98 Å². The number of pyridine rings is 1. The fourth-order valence-electron chi connectivity index (χ4n) is 1.68. The first-order valence-electron chi connectivity index (χ1n) is 6.25. The molecular formula is C15H17N3O2. The van der Waals surface area contributed by atoms with Crippen LogP contribution in [-0.4, -0.2) is 24.5 Å². The molecule has 1 heterocycles. The molecule has 5 nitrogen and oxygen atoms in total. The Kier molecular flexibility index (Phi) is 4.68. The van der Waals surface area contributed by atoms with Gasteiger partial charge in [0.25, 0.3) is 0 Å². The van der Waals surface area contributed by atoms with E-state index >= 15 is 0 Å². The van der Waals surface area contributed by atoms with Crippen LogP contribution in [0.3, 0.4) is 0 Å². The van der Waals surface area contributed by atoms with E-state index in [1.165, 1.54) is 5.56 Å². The summed E-state index contributed by atoms with van der Waals surface area (Å²) in [5.74, 6) is 1.29. The molecule has 1 aromatic heterocycles. The van der Waals surface area contributed by atoms with Gasteiger partial charge in [-0.3, -0.25) is 5.41 Å². The predicted molar refractivity (Wildman–Crippen MR) is 77.3 cm³/mol. The molecule has 0 aliphatic carbocycles. The maximum atomic E-state index is 7.27. The zero-order chi connectivity index (χ0) is 14.4. The Balaban J connectivity index is 2.00. The summed E-state index contributed by atoms with van der Waals surface area (Å²) in [6, 6.07) is 11.2. The van der Waals surface area contributed by atoms with Crippen molar-refractivity contribution in [1.82, 2.24) is 4.98 Å². The average molecular weight is 271 g/mol. The lowest BCUT2D eigenvalue weighted by molar-refractivity contribution is 0.202. The van der Waals surface area contributed by atoms with Crippen molar-refractivity contribution in [3.05, 3.63) is 53.9 Å². The van der Waals surface area contributed by atoms with Crippen molar-refractivity contribution in [3.63, 3.8) is 0 Å². The number of hydrogen-bond acceptors (Lipinski definition) is 4. The summed E-state index contributed by atoms with van der Waals surface area (Å²) >= 11 is 0. The SMILES string of the molecule is COCCc1ccc(Oc2ccc(C(=N)N)nc2)cc1. The Bertz CT molecular complexity index is 565. The number of aromatic nitrogens is 1. The van der Waals surface area contributed by atoms with E-state index < -0.39 is 0 Å². The third-order valence-corrected chi connectivity index (χ3v) is 2.77. The molecule has 0 fully saturated rings. The number of nitrogens with zero attached hydrogens (tertiary/aromatic N) is 1. The Morgan fingerprint density at radius 2 is 1.85 bits per heavy atom. The van der Waals surface area contributed by atoms with E-state index in [4.69, 9.17) is 20.6 Å². The van der Waals surface area contributed by atoms with Gasteiger partial charge in [0.1, 0.15) is 23.0 Å². The second kappa shape index (κ2) is 6.68. The van der Waals surface area contributed by atoms with Crippen LogP contribution in [-0.2, 0) is 11.2 Å². The molecule has 0 unspecified atom stereocenters. The van der Waals surface area contributed by atoms with Crippen LogP contribution in [0, 0.1) is 5.41 Å². The predicted octanol–water partition coefficient (Wildman–Crippen LogP) is 2.35. The van der Waals surface area contributed by atoms with Gasteiger partial charge in [-0.25, -0.2) is 4.98 Å². The summed E-state index contributed by atoms with van der Waals surface area (Å²) in [4.78, 5) is 4.04. The number of ether oxygens (including phenoxy) is 2. The molecule has 0 aliphatic heterocycles. The van der Waals surface area contributed by atoms with Crippen molar-refractivity contribution in [2.45, 2.75) is 6.42 Å². The molecule has 0 amide bonds. The third-order valence-electron chi connectivity index (χ3n) is 2.77. The molecule has 2 aromatic rings. The molecule has 0 saturated heterocycles. The first-order chi connectivity index (χ1) is 9.69. The van der Waals surface area contributed by atoms with E-state index in [1.807, 2.05) is 24.3 Å². The van der Waals surface area contributed by atoms with Crippen LogP contribution in [0.5, 0.6) is 11.5 Å². The standard InChI is InChI=1S/C15H17N3O2/c1-19-9-8-11-2-4-12(5-3-11)20-13-6-7-14(15(16)17)18-10-13/h2-7,10H,8-9H2,1H3,(H3,16,17). The molecule has 0 radical (unpaired) electrons. The quantitative estimate of drug-likeness (QED) is 0.624. The van der Waals surface area contributed by atoms with Gasteiger partial charge >= 0.3 is 0 Å². The summed E-state index contributed by atoms with van der Waals surface area (Å²) in [5, 5.41) is 7.27. The smallest absolute Gasteiger partial charge is 0.145 e. The van der Waals surface area contributed by atoms with Gasteiger partial charge in [-0.2, -0.15) is 0 Å². The second-order valence-electron chi connectivity index (χ2n) is 4.28. The van der Waals surface area contributed by atoms with Gasteiger partial charge in [-0.1, -0.05) is 12.1 Å². The lowest BCUT2D eigenvalue weighted by atomic mass is 10.1. The minimum Gasteiger partial charge on any atom is -0.456 e. The van der Waals surface area contributed by atoms with E-state index in [1.54, 1.807) is 25.4 Å². The van der Waals surface area contributed by atoms with E-state index in [0.29, 0.717) is 18.1 Å². The molecule has 0 saturated carbocycles. The fourth-order valence-corrected chi connectivity index (χ4v) is 1.68. The number of hydrogen-bond donors (Lipinski definition) is 2. The van der Waals surface area contributed by atoms with Gasteiger partial charge < -0.3 is 15.2 Å². The molecule has 0 atom stereocenters. The summed E-state index contributed by atoms with van der Waals surface area (Å²) in [5.41, 5.74) is 6.98. The zero-order valence-electron chi connectivity index (χ0n) is 11.3. The number of nitrogens with two attached hydrogens (primary N) is 1. The maximum Gasteiger partial charge on any atom is 0.145 e. The number of nitrogen functional groups attached to an aromatic ring is 1. The van der Waals surface area contributed by atoms with Crippen molar-refractivity contribution in [2.75, 3.05) is 13.7 Å². The lowest BCUT2D eigenvalue weighted by Crippen LogP contribution is -2.12. The van der Waals surface area contributed by atoms with Crippen molar-refractivity contribution >= 4 is 5.84 Å². The molecular weight excluding hydrogens is 254 g/mol. The highest BCUT2D eigenvalue weighted by Crippen LogP contribution is 2.21. The van der Waals surface area contributed by atoms with Crippen molar-refractivity contribution in [1.29, 1.82) is 5.41 Å². The number of nitrogens with one attached hydrogen (secondary N) is 1. The zero-order valence-corrected chi connectivity index (χ0v) is 11.3. The molecule has 5 heteroatoms. The van der Waals surface area contributed by atoms with Gasteiger partial charge in [0.2, 0.25) is 0 Å². The average Bonchev–Trinajstić information content (AvgIpc) is 2.47. The minimum absolute atomic E-state index is 0.0564. The molecule has 0 bridgehead atoms. The molecule has 1 aromatic carbocycles. The van der Waals surface area contributed by atoms with Crippen LogP contribution in [0.15, 0.2) is 42.6 Å². The summed E-state index contributed by atoms with van der Waals surface area (Å²) in [6.45, 7) is 0.705. The first-order valence-corrected chi connectivity index (χ1v) is 6.25. The molecule has 20 heavy (non-hydrogen) atoms. The molecule has 0 spiro atoms. The van der Waals surface area contributed by atoms with Crippen LogP contribution >= 0.6 is 0 Å². The monoisotopic (exact) mass is 271 g/mol. The maximum absolute atomic E-state index is 7.27. The number of methoxy groups -OCH3 is 1. The summed E-state index contributed by atoms with van der Waals surface area (Å²) < 4.78 is 10.7. The van der Waals surface area contributed by atoms with Crippen molar-refractivity contribution in [2.24, 2.45) is 5.73 Å². The second-order valence-corrected chi connectivity index (χ2v) is 4.28. The normalized spacial score (nSPS) is 10.2. The van der Waals surface area contributed by atoms with Crippen LogP contribution in [0.2, 0.25) is 0 Å². The lowest BCUT2D eigenvalue weighted by Gasteiger charge is -2.07. The van der Waals surface area contributed by atoms with Crippen molar-refractivity contribution in [3.8, 4) is 11.5 Å². The van der Waals surface area contributed by atoms with Gasteiger partial charge in [0.15, 0.2) is 0 Å². The molecule has 3 N–H and O–H groups in total. The van der Waals surface area contributed by atoms with Crippen molar-refractivity contribution < 1.29 is 9.47 Å². The topological polar surface area (TPSA) is 81.2 Å². The Hall–Kier alpha value is -2.40. The summed E-state index contributed by atoms with van der Waals surface area (Å²) in [7, 11) is 1.69. The van der Waals surface area contributed by atoms with Crippen LogP contribution < -0.4 is 10.5 Å². The molecule has 2 rings (SSSR count). The van der Waals surface area contributed by atoms with Crippen LogP contribution in [0.1, 0.15) is 11.3 Å². The van der Waals surface area contributed by atoms with Gasteiger partial charge in [0, 0.05) is 7.11 Å².